The Morgan fingerprint density at radius 3 is 2.73 bits per heavy atom. The van der Waals surface area contributed by atoms with E-state index in [1.54, 1.807) is 11.3 Å². The van der Waals surface area contributed by atoms with E-state index in [0.29, 0.717) is 18.3 Å². The second-order valence-corrected chi connectivity index (χ2v) is 8.70. The topological polar surface area (TPSA) is 92.1 Å². The van der Waals surface area contributed by atoms with Crippen molar-refractivity contribution in [3.05, 3.63) is 26.6 Å². The third-order valence-electron chi connectivity index (χ3n) is 5.52. The Kier molecular flexibility index (Phi) is 5.77. The fourth-order valence-corrected chi connectivity index (χ4v) is 4.69. The molecule has 1 fully saturated rings. The van der Waals surface area contributed by atoms with Gasteiger partial charge in [-0.3, -0.25) is 14.5 Å². The molecule has 1 aliphatic heterocycles. The van der Waals surface area contributed by atoms with Gasteiger partial charge < -0.3 is 10.7 Å². The van der Waals surface area contributed by atoms with Gasteiger partial charge in [-0.1, -0.05) is 20.3 Å². The molecule has 2 aromatic rings. The number of fused-ring (bicyclic) bond motifs is 1. The number of piperidine rings is 1. The zero-order chi connectivity index (χ0) is 18.8. The van der Waals surface area contributed by atoms with Gasteiger partial charge in [0.25, 0.3) is 5.56 Å². The minimum atomic E-state index is -0.208. The van der Waals surface area contributed by atoms with E-state index in [0.717, 1.165) is 54.6 Å². The highest BCUT2D eigenvalue weighted by atomic mass is 32.1. The molecule has 3 rings (SSSR count). The second-order valence-electron chi connectivity index (χ2n) is 7.50. The Morgan fingerprint density at radius 2 is 2.12 bits per heavy atom. The summed E-state index contributed by atoms with van der Waals surface area (Å²) in [6.45, 7) is 8.69. The van der Waals surface area contributed by atoms with Crippen LogP contribution < -0.4 is 11.3 Å². The Labute approximate surface area is 157 Å². The molecule has 0 saturated carbocycles. The molecule has 0 aliphatic carbocycles. The summed E-state index contributed by atoms with van der Waals surface area (Å²) in [4.78, 5) is 36.0. The van der Waals surface area contributed by atoms with Gasteiger partial charge in [0.05, 0.1) is 11.9 Å². The van der Waals surface area contributed by atoms with Crippen LogP contribution in [-0.4, -0.2) is 33.9 Å². The largest absolute Gasteiger partial charge is 0.369 e. The molecule has 26 heavy (non-hydrogen) atoms. The maximum atomic E-state index is 12.7. The van der Waals surface area contributed by atoms with Crippen LogP contribution in [-0.2, 0) is 17.8 Å². The van der Waals surface area contributed by atoms with Gasteiger partial charge in [0.2, 0.25) is 5.91 Å². The lowest BCUT2D eigenvalue weighted by Gasteiger charge is -2.29. The zero-order valence-corrected chi connectivity index (χ0v) is 16.6. The highest BCUT2D eigenvalue weighted by molar-refractivity contribution is 7.18. The molecule has 142 valence electrons. The highest BCUT2D eigenvalue weighted by Crippen LogP contribution is 2.29. The van der Waals surface area contributed by atoms with Crippen molar-refractivity contribution < 1.29 is 4.79 Å². The van der Waals surface area contributed by atoms with Gasteiger partial charge in [-0.05, 0) is 50.8 Å². The van der Waals surface area contributed by atoms with Gasteiger partial charge in [0.1, 0.15) is 10.7 Å². The van der Waals surface area contributed by atoms with E-state index in [4.69, 9.17) is 10.7 Å². The number of aromatic amines is 1. The minimum Gasteiger partial charge on any atom is -0.369 e. The van der Waals surface area contributed by atoms with Gasteiger partial charge in [-0.2, -0.15) is 0 Å². The summed E-state index contributed by atoms with van der Waals surface area (Å²) >= 11 is 1.62. The summed E-state index contributed by atoms with van der Waals surface area (Å²) < 4.78 is 0. The Morgan fingerprint density at radius 1 is 1.42 bits per heavy atom. The quantitative estimate of drug-likeness (QED) is 0.810. The predicted molar refractivity (Wildman–Crippen MR) is 105 cm³/mol. The van der Waals surface area contributed by atoms with Crippen LogP contribution in [0.2, 0.25) is 0 Å². The maximum Gasteiger partial charge on any atom is 0.259 e. The molecular formula is C19H28N4O2S. The summed E-state index contributed by atoms with van der Waals surface area (Å²) in [7, 11) is 0. The molecular weight excluding hydrogens is 348 g/mol. The van der Waals surface area contributed by atoms with E-state index in [9.17, 15) is 9.59 Å². The zero-order valence-electron chi connectivity index (χ0n) is 15.8. The van der Waals surface area contributed by atoms with Crippen LogP contribution >= 0.6 is 11.3 Å². The molecule has 0 bridgehead atoms. The van der Waals surface area contributed by atoms with Crippen molar-refractivity contribution in [3.63, 3.8) is 0 Å². The van der Waals surface area contributed by atoms with E-state index in [1.165, 1.54) is 4.88 Å². The fourth-order valence-electron chi connectivity index (χ4n) is 3.62. The van der Waals surface area contributed by atoms with Crippen LogP contribution in [0.25, 0.3) is 10.2 Å². The second kappa shape index (κ2) is 7.88. The monoisotopic (exact) mass is 376 g/mol. The Balaban J connectivity index is 1.79. The number of amides is 1. The standard InChI is InChI=1S/C19H28N4O2S/c1-4-11(2)9-14-12(3)26-19-16(14)18(25)21-15(22-19)10-23-7-5-13(6-8-23)17(20)24/h11,13H,4-10H2,1-3H3,(H2,20,24)(H,21,22,25)/t11-/m1/s1. The molecule has 1 amide bonds. The number of carbonyl (C=O) groups excluding carboxylic acids is 1. The summed E-state index contributed by atoms with van der Waals surface area (Å²) in [6, 6.07) is 0. The summed E-state index contributed by atoms with van der Waals surface area (Å²) in [6.07, 6.45) is 3.58. The van der Waals surface area contributed by atoms with E-state index in [1.807, 2.05) is 0 Å². The van der Waals surface area contributed by atoms with Crippen LogP contribution in [0, 0.1) is 18.8 Å². The van der Waals surface area contributed by atoms with Crippen LogP contribution in [0.1, 0.15) is 49.4 Å². The van der Waals surface area contributed by atoms with Crippen molar-refractivity contribution in [2.75, 3.05) is 13.1 Å². The number of H-pyrrole nitrogens is 1. The number of hydrogen-bond acceptors (Lipinski definition) is 5. The predicted octanol–water partition coefficient (Wildman–Crippen LogP) is 2.58. The first kappa shape index (κ1) is 19.0. The number of primary amides is 1. The molecule has 2 aromatic heterocycles. The summed E-state index contributed by atoms with van der Waals surface area (Å²) in [5.41, 5.74) is 6.52. The first-order valence-electron chi connectivity index (χ1n) is 9.41. The van der Waals surface area contributed by atoms with Crippen molar-refractivity contribution in [1.29, 1.82) is 0 Å². The number of nitrogens with two attached hydrogens (primary N) is 1. The maximum absolute atomic E-state index is 12.7. The molecule has 0 aromatic carbocycles. The third-order valence-corrected chi connectivity index (χ3v) is 6.57. The van der Waals surface area contributed by atoms with Crippen LogP contribution in [0.5, 0.6) is 0 Å². The summed E-state index contributed by atoms with van der Waals surface area (Å²) in [5, 5.41) is 0.768. The SMILES string of the molecule is CC[C@@H](C)Cc1c(C)sc2nc(CN3CCC(C(N)=O)CC3)[nH]c(=O)c12. The summed E-state index contributed by atoms with van der Waals surface area (Å²) in [5.74, 6) is 1.03. The van der Waals surface area contributed by atoms with Crippen molar-refractivity contribution in [2.24, 2.45) is 17.6 Å². The van der Waals surface area contributed by atoms with E-state index >= 15 is 0 Å². The minimum absolute atomic E-state index is 0.0243. The van der Waals surface area contributed by atoms with Crippen LogP contribution in [0.4, 0.5) is 0 Å². The molecule has 1 aliphatic rings. The molecule has 7 heteroatoms. The smallest absolute Gasteiger partial charge is 0.259 e. The number of nitrogens with zero attached hydrogens (tertiary/aromatic N) is 2. The third kappa shape index (κ3) is 3.99. The number of nitrogens with one attached hydrogen (secondary N) is 1. The van der Waals surface area contributed by atoms with E-state index < -0.39 is 0 Å². The van der Waals surface area contributed by atoms with E-state index in [2.05, 4.69) is 30.7 Å². The first-order chi connectivity index (χ1) is 12.4. The fraction of sp³-hybridized carbons (Fsp3) is 0.632. The molecule has 1 saturated heterocycles. The van der Waals surface area contributed by atoms with E-state index in [-0.39, 0.29) is 17.4 Å². The number of aryl methyl sites for hydroxylation is 1. The molecule has 1 atom stereocenters. The van der Waals surface area contributed by atoms with Crippen LogP contribution in [0.3, 0.4) is 0 Å². The molecule has 3 heterocycles. The first-order valence-corrected chi connectivity index (χ1v) is 10.2. The molecule has 0 unspecified atom stereocenters. The number of rotatable bonds is 6. The van der Waals surface area contributed by atoms with Gasteiger partial charge in [0, 0.05) is 10.8 Å². The number of likely N-dealkylation sites (tertiary alicyclic amines) is 1. The Hall–Kier alpha value is -1.73. The van der Waals surface area contributed by atoms with Gasteiger partial charge >= 0.3 is 0 Å². The van der Waals surface area contributed by atoms with Gasteiger partial charge in [-0.25, -0.2) is 4.98 Å². The lowest BCUT2D eigenvalue weighted by Crippen LogP contribution is -2.38. The lowest BCUT2D eigenvalue weighted by atomic mass is 9.96. The average Bonchev–Trinajstić information content (AvgIpc) is 2.91. The Bertz CT molecular complexity index is 849. The van der Waals surface area contributed by atoms with Gasteiger partial charge in [-0.15, -0.1) is 11.3 Å². The van der Waals surface area contributed by atoms with Crippen molar-refractivity contribution in [3.8, 4) is 0 Å². The number of aromatic nitrogens is 2. The normalized spacial score (nSPS) is 17.7. The van der Waals surface area contributed by atoms with Crippen molar-refractivity contribution >= 4 is 27.5 Å². The molecule has 0 spiro atoms. The van der Waals surface area contributed by atoms with Gasteiger partial charge in [0.15, 0.2) is 0 Å². The highest BCUT2D eigenvalue weighted by Gasteiger charge is 2.24. The number of thiophene rings is 1. The number of carbonyl (C=O) groups is 1. The van der Waals surface area contributed by atoms with Crippen molar-refractivity contribution in [2.45, 2.75) is 53.0 Å². The molecule has 6 nitrogen and oxygen atoms in total. The van der Waals surface area contributed by atoms with Crippen molar-refractivity contribution in [1.82, 2.24) is 14.9 Å². The number of hydrogen-bond donors (Lipinski definition) is 2. The van der Waals surface area contributed by atoms with Crippen LogP contribution in [0.15, 0.2) is 4.79 Å². The molecule has 3 N–H and O–H groups in total. The lowest BCUT2D eigenvalue weighted by molar-refractivity contribution is -0.123. The average molecular weight is 377 g/mol. The molecule has 0 radical (unpaired) electrons.